The monoisotopic (exact) mass is 648 g/mol. The van der Waals surface area contributed by atoms with E-state index in [0.717, 1.165) is 37.9 Å². The minimum atomic E-state index is -5.08. The molecular formula is C27H23F3N6O6S2. The molecule has 1 aromatic heterocycles. The lowest BCUT2D eigenvalue weighted by Crippen LogP contribution is -2.45. The molecule has 1 spiro atoms. The smallest absolute Gasteiger partial charge is 0.490 e. The number of nitrogens with two attached hydrogens (primary N) is 1. The number of carboxylic acids is 2. The third kappa shape index (κ3) is 4.69. The van der Waals surface area contributed by atoms with Crippen molar-refractivity contribution in [3.63, 3.8) is 0 Å². The van der Waals surface area contributed by atoms with Crippen molar-refractivity contribution < 1.29 is 42.9 Å². The zero-order valence-electron chi connectivity index (χ0n) is 22.7. The molecule has 5 aliphatic rings. The van der Waals surface area contributed by atoms with Crippen LogP contribution in [-0.4, -0.2) is 72.9 Å². The Labute approximate surface area is 254 Å². The highest BCUT2D eigenvalue weighted by Gasteiger charge is 2.56. The number of carbonyl (C=O) groups excluding carboxylic acids is 1. The highest BCUT2D eigenvalue weighted by Crippen LogP contribution is 2.65. The fraction of sp³-hybridized carbons (Fsp3) is 0.333. The van der Waals surface area contributed by atoms with Gasteiger partial charge in [0.1, 0.15) is 16.8 Å². The number of nitrogens with one attached hydrogen (secondary N) is 1. The molecule has 0 radical (unpaired) electrons. The van der Waals surface area contributed by atoms with Gasteiger partial charge < -0.3 is 30.9 Å². The number of fused-ring (bicyclic) bond motifs is 3. The van der Waals surface area contributed by atoms with Crippen molar-refractivity contribution in [2.75, 3.05) is 11.9 Å². The van der Waals surface area contributed by atoms with Crippen molar-refractivity contribution in [3.05, 3.63) is 50.1 Å². The van der Waals surface area contributed by atoms with Crippen LogP contribution < -0.4 is 21.6 Å². The lowest BCUT2D eigenvalue weighted by molar-refractivity contribution is -0.192. The van der Waals surface area contributed by atoms with Crippen molar-refractivity contribution >= 4 is 64.4 Å². The first-order chi connectivity index (χ1) is 20.7. The third-order valence-corrected chi connectivity index (χ3v) is 10.3. The summed E-state index contributed by atoms with van der Waals surface area (Å²) in [5, 5.41) is 33.6. The van der Waals surface area contributed by atoms with Gasteiger partial charge in [-0.2, -0.15) is 13.2 Å². The molecule has 5 heterocycles. The average molecular weight is 649 g/mol. The zero-order chi connectivity index (χ0) is 31.7. The molecule has 3 atom stereocenters. The minimum Gasteiger partial charge on any atom is -0.504 e. The summed E-state index contributed by atoms with van der Waals surface area (Å²) in [6, 6.07) is -1.08. The molecule has 6 N–H and O–H groups in total. The Morgan fingerprint density at radius 1 is 1.32 bits per heavy atom. The normalized spacial score (nSPS) is 22.8. The molecule has 1 fully saturated rings. The van der Waals surface area contributed by atoms with Gasteiger partial charge in [0.15, 0.2) is 11.5 Å². The van der Waals surface area contributed by atoms with E-state index in [1.165, 1.54) is 11.8 Å². The minimum absolute atomic E-state index is 0.0501. The molecule has 44 heavy (non-hydrogen) atoms. The molecule has 0 saturated carbocycles. The first-order valence-corrected chi connectivity index (χ1v) is 14.8. The van der Waals surface area contributed by atoms with Crippen LogP contribution >= 0.6 is 23.5 Å². The lowest BCUT2D eigenvalue weighted by atomic mass is 9.71. The van der Waals surface area contributed by atoms with Crippen LogP contribution in [0.25, 0.3) is 5.57 Å². The number of aromatic hydroxyl groups is 1. The Morgan fingerprint density at radius 2 is 2.05 bits per heavy atom. The number of thioether (sulfide) groups is 2. The van der Waals surface area contributed by atoms with Crippen LogP contribution in [0.15, 0.2) is 43.3 Å². The van der Waals surface area contributed by atoms with Crippen LogP contribution in [0.3, 0.4) is 0 Å². The van der Waals surface area contributed by atoms with Crippen LogP contribution in [0.5, 0.6) is 5.75 Å². The number of benzene rings is 1. The van der Waals surface area contributed by atoms with E-state index in [-0.39, 0.29) is 23.3 Å². The number of imidazole rings is 1. The Morgan fingerprint density at radius 3 is 2.73 bits per heavy atom. The summed E-state index contributed by atoms with van der Waals surface area (Å²) >= 11 is 2.95. The maximum atomic E-state index is 12.9. The summed E-state index contributed by atoms with van der Waals surface area (Å²) in [6.07, 6.45) is 3.23. The van der Waals surface area contributed by atoms with Crippen LogP contribution in [0.1, 0.15) is 24.1 Å². The number of phenols is 1. The van der Waals surface area contributed by atoms with E-state index in [9.17, 15) is 33.0 Å². The number of hydrogen-bond donors (Lipinski definition) is 5. The second kappa shape index (κ2) is 10.5. The van der Waals surface area contributed by atoms with Gasteiger partial charge in [0.2, 0.25) is 0 Å². The molecule has 12 nitrogen and oxygen atoms in total. The summed E-state index contributed by atoms with van der Waals surface area (Å²) in [5.41, 5.74) is 8.95. The summed E-state index contributed by atoms with van der Waals surface area (Å²) < 4.78 is 33.5. The zero-order valence-corrected chi connectivity index (χ0v) is 24.3. The molecule has 4 aliphatic heterocycles. The first-order valence-electron chi connectivity index (χ1n) is 13.1. The number of rotatable bonds is 5. The molecule has 17 heteroatoms. The molecule has 1 unspecified atom stereocenters. The molecule has 2 bridgehead atoms. The predicted octanol–water partition coefficient (Wildman–Crippen LogP) is 1.87. The Balaban J connectivity index is 0.000000441. The van der Waals surface area contributed by atoms with E-state index in [0.29, 0.717) is 35.1 Å². The predicted molar refractivity (Wildman–Crippen MR) is 154 cm³/mol. The van der Waals surface area contributed by atoms with Crippen molar-refractivity contribution in [2.24, 2.45) is 22.8 Å². The van der Waals surface area contributed by atoms with Gasteiger partial charge >= 0.3 is 18.1 Å². The second-order valence-electron chi connectivity index (χ2n) is 10.5. The number of allylic oxidation sites excluding steroid dienone is 4. The molecule has 0 amide bonds. The van der Waals surface area contributed by atoms with E-state index in [1.54, 1.807) is 41.9 Å². The number of alkyl halides is 3. The number of hydrogen-bond acceptors (Lipinski definition) is 11. The van der Waals surface area contributed by atoms with E-state index >= 15 is 0 Å². The van der Waals surface area contributed by atoms with Crippen LogP contribution in [0.4, 0.5) is 24.5 Å². The van der Waals surface area contributed by atoms with Gasteiger partial charge in [-0.1, -0.05) is 11.8 Å². The summed E-state index contributed by atoms with van der Waals surface area (Å²) in [7, 11) is 1.80. The highest BCUT2D eigenvalue weighted by atomic mass is 32.2. The Kier molecular flexibility index (Phi) is 7.16. The molecule has 1 saturated heterocycles. The molecule has 1 aromatic carbocycles. The fourth-order valence-electron chi connectivity index (χ4n) is 5.87. The average Bonchev–Trinajstić information content (AvgIpc) is 3.62. The molecule has 7 rings (SSSR count). The van der Waals surface area contributed by atoms with Crippen LogP contribution in [-0.2, 0) is 33.3 Å². The molecule has 1 aliphatic carbocycles. The van der Waals surface area contributed by atoms with E-state index < -0.39 is 29.6 Å². The number of aryl methyl sites for hydroxylation is 1. The van der Waals surface area contributed by atoms with Crippen molar-refractivity contribution in [1.29, 1.82) is 0 Å². The molecular weight excluding hydrogens is 625 g/mol. The number of aliphatic imine (C=N–C) groups is 1. The first kappa shape index (κ1) is 30.0. The third-order valence-electron chi connectivity index (χ3n) is 7.82. The van der Waals surface area contributed by atoms with Gasteiger partial charge in [0.05, 0.1) is 33.9 Å². The van der Waals surface area contributed by atoms with Crippen LogP contribution in [0.2, 0.25) is 0 Å². The maximum Gasteiger partial charge on any atom is 0.490 e. The highest BCUT2D eigenvalue weighted by molar-refractivity contribution is 8.05. The van der Waals surface area contributed by atoms with Crippen LogP contribution in [0, 0.1) is 0 Å². The SMILES string of the molecule is Cn1cnc(SC2=CC(=O)C=C3S[C@@H]4C[C@]23c2c(c(O)c3c5c2=NCCC=5C=N3)N4)c1CC(N)C(=O)O.O=C(O)C(F)(F)F. The van der Waals surface area contributed by atoms with Crippen molar-refractivity contribution in [2.45, 2.75) is 47.3 Å². The van der Waals surface area contributed by atoms with Gasteiger partial charge in [-0.25, -0.2) is 9.78 Å². The number of halogens is 3. The Hall–Kier alpha value is -4.09. The van der Waals surface area contributed by atoms with E-state index in [2.05, 4.69) is 15.3 Å². The number of carbonyl (C=O) groups is 3. The van der Waals surface area contributed by atoms with Gasteiger partial charge in [0.25, 0.3) is 0 Å². The van der Waals surface area contributed by atoms with Gasteiger partial charge in [-0.3, -0.25) is 19.6 Å². The maximum absolute atomic E-state index is 12.9. The second-order valence-corrected chi connectivity index (χ2v) is 12.8. The lowest BCUT2D eigenvalue weighted by Gasteiger charge is -2.39. The largest absolute Gasteiger partial charge is 0.504 e. The van der Waals surface area contributed by atoms with Crippen molar-refractivity contribution in [1.82, 2.24) is 9.55 Å². The number of phenolic OH excluding ortho intramolecular Hbond substituents is 1. The number of carboxylic acid groups (broad SMARTS) is 2. The standard InChI is InChI=1S/C25H22N6O4S2.C2HF3O2/c1-31-9-29-23(13(31)6-12(26)24(34)35)37-15-5-11(32)4-14-25(15)7-16(36-14)30-21-18(25)19-17-10(2-3-27-19)8-28-20(17)22(21)33;3-2(4,5)1(6)7/h4-5,8-9,12,16,30,33H,2-3,6-7,26H2,1H3,(H,34,35);(H,6,7)/t12?,16-,25-;/m1./s1. The molecule has 2 aromatic rings. The summed E-state index contributed by atoms with van der Waals surface area (Å²) in [5.74, 6) is -3.85. The van der Waals surface area contributed by atoms with Gasteiger partial charge in [-0.15, -0.1) is 11.8 Å². The number of aliphatic carboxylic acids is 2. The van der Waals surface area contributed by atoms with Crippen molar-refractivity contribution in [3.8, 4) is 5.75 Å². The summed E-state index contributed by atoms with van der Waals surface area (Å²) in [4.78, 5) is 48.9. The fourth-order valence-corrected chi connectivity index (χ4v) is 8.73. The summed E-state index contributed by atoms with van der Waals surface area (Å²) in [6.45, 7) is 0.624. The molecule has 230 valence electrons. The van der Waals surface area contributed by atoms with E-state index in [4.69, 9.17) is 20.6 Å². The van der Waals surface area contributed by atoms with Gasteiger partial charge in [-0.05, 0) is 30.6 Å². The number of anilines is 1. The topological polar surface area (TPSA) is 192 Å². The number of aromatic nitrogens is 2. The number of nitrogens with zero attached hydrogens (tertiary/aromatic N) is 4. The quantitative estimate of drug-likeness (QED) is 0.297. The Bertz CT molecular complexity index is 1880. The van der Waals surface area contributed by atoms with Gasteiger partial charge in [0, 0.05) is 46.8 Å². The van der Waals surface area contributed by atoms with E-state index in [1.807, 2.05) is 6.21 Å². The number of ketones is 1.